The molecule has 5 rings (SSSR count). The van der Waals surface area contributed by atoms with Crippen LogP contribution in [0, 0.1) is 0 Å². The van der Waals surface area contributed by atoms with Gasteiger partial charge in [-0.15, -0.1) is 11.3 Å². The van der Waals surface area contributed by atoms with E-state index in [0.29, 0.717) is 0 Å². The summed E-state index contributed by atoms with van der Waals surface area (Å²) in [6.07, 6.45) is 8.94. The molecule has 0 saturated heterocycles. The van der Waals surface area contributed by atoms with Gasteiger partial charge in [0.25, 0.3) is 0 Å². The highest BCUT2D eigenvalue weighted by molar-refractivity contribution is 7.19. The van der Waals surface area contributed by atoms with E-state index in [0.717, 1.165) is 40.6 Å². The normalized spacial score (nSPS) is 14.2. The number of fused-ring (bicyclic) bond motifs is 3. The highest BCUT2D eigenvalue weighted by Gasteiger charge is 2.26. The first-order chi connectivity index (χ1) is 13.7. The molecule has 0 fully saturated rings. The Bertz CT molecular complexity index is 1120. The SMILES string of the molecule is CC(c1ccccn1)N(C)c1nc(-c2cccnc2)nc2sc3c(c12)CCC3. The first-order valence-electron chi connectivity index (χ1n) is 9.59. The van der Waals surface area contributed by atoms with Crippen molar-refractivity contribution >= 4 is 27.4 Å². The molecule has 0 bridgehead atoms. The highest BCUT2D eigenvalue weighted by Crippen LogP contribution is 2.42. The van der Waals surface area contributed by atoms with Crippen molar-refractivity contribution in [3.63, 3.8) is 0 Å². The van der Waals surface area contributed by atoms with Gasteiger partial charge < -0.3 is 4.90 Å². The topological polar surface area (TPSA) is 54.8 Å². The van der Waals surface area contributed by atoms with Crippen LogP contribution in [0.1, 0.15) is 35.5 Å². The Morgan fingerprint density at radius 3 is 2.79 bits per heavy atom. The summed E-state index contributed by atoms with van der Waals surface area (Å²) in [6, 6.07) is 10.1. The number of rotatable bonds is 4. The monoisotopic (exact) mass is 387 g/mol. The van der Waals surface area contributed by atoms with Crippen LogP contribution in [0.25, 0.3) is 21.6 Å². The third kappa shape index (κ3) is 2.85. The lowest BCUT2D eigenvalue weighted by atomic mass is 10.1. The predicted octanol–water partition coefficient (Wildman–Crippen LogP) is 4.83. The molecule has 0 aliphatic heterocycles. The molecule has 4 heterocycles. The molecule has 1 aliphatic carbocycles. The molecule has 0 amide bonds. The molecule has 28 heavy (non-hydrogen) atoms. The standard InChI is InChI=1S/C22H21N5S/c1-14(17-9-3-4-12-24-17)27(2)21-19-16-8-5-10-18(16)28-22(19)26-20(25-21)15-7-6-11-23-13-15/h3-4,6-7,9,11-14H,5,8,10H2,1-2H3. The van der Waals surface area contributed by atoms with Crippen LogP contribution >= 0.6 is 11.3 Å². The van der Waals surface area contributed by atoms with Crippen molar-refractivity contribution in [1.82, 2.24) is 19.9 Å². The fraction of sp³-hybridized carbons (Fsp3) is 0.273. The third-order valence-corrected chi connectivity index (χ3v) is 6.68. The molecule has 0 N–H and O–H groups in total. The fourth-order valence-electron chi connectivity index (χ4n) is 3.86. The van der Waals surface area contributed by atoms with E-state index in [-0.39, 0.29) is 6.04 Å². The van der Waals surface area contributed by atoms with E-state index in [4.69, 9.17) is 9.97 Å². The first-order valence-corrected chi connectivity index (χ1v) is 10.4. The molecule has 4 aromatic heterocycles. The molecule has 1 aliphatic rings. The smallest absolute Gasteiger partial charge is 0.164 e. The van der Waals surface area contributed by atoms with Gasteiger partial charge in [-0.2, -0.15) is 0 Å². The maximum atomic E-state index is 5.02. The molecular weight excluding hydrogens is 366 g/mol. The number of hydrogen-bond donors (Lipinski definition) is 0. The minimum Gasteiger partial charge on any atom is -0.351 e. The summed E-state index contributed by atoms with van der Waals surface area (Å²) in [5.41, 5.74) is 3.41. The number of aryl methyl sites for hydroxylation is 2. The van der Waals surface area contributed by atoms with Crippen molar-refractivity contribution in [2.75, 3.05) is 11.9 Å². The molecule has 5 nitrogen and oxygen atoms in total. The highest BCUT2D eigenvalue weighted by atomic mass is 32.1. The largest absolute Gasteiger partial charge is 0.351 e. The molecule has 140 valence electrons. The number of pyridine rings is 2. The van der Waals surface area contributed by atoms with Crippen LogP contribution in [0.3, 0.4) is 0 Å². The maximum Gasteiger partial charge on any atom is 0.164 e. The van der Waals surface area contributed by atoms with E-state index in [1.807, 2.05) is 48.0 Å². The Morgan fingerprint density at radius 1 is 1.07 bits per heavy atom. The zero-order valence-corrected chi connectivity index (χ0v) is 16.8. The van der Waals surface area contributed by atoms with Gasteiger partial charge in [0.2, 0.25) is 0 Å². The Morgan fingerprint density at radius 2 is 2.00 bits per heavy atom. The maximum absolute atomic E-state index is 5.02. The molecule has 4 aromatic rings. The molecule has 6 heteroatoms. The second-order valence-corrected chi connectivity index (χ2v) is 8.28. The fourth-order valence-corrected chi connectivity index (χ4v) is 5.12. The van der Waals surface area contributed by atoms with Gasteiger partial charge in [-0.25, -0.2) is 9.97 Å². The van der Waals surface area contributed by atoms with Crippen LogP contribution < -0.4 is 4.90 Å². The average Bonchev–Trinajstić information content (AvgIpc) is 3.34. The number of nitrogens with zero attached hydrogens (tertiary/aromatic N) is 5. The van der Waals surface area contributed by atoms with E-state index < -0.39 is 0 Å². The van der Waals surface area contributed by atoms with Crippen molar-refractivity contribution in [2.24, 2.45) is 0 Å². The summed E-state index contributed by atoms with van der Waals surface area (Å²) < 4.78 is 0. The van der Waals surface area contributed by atoms with Gasteiger partial charge in [0.1, 0.15) is 10.6 Å². The van der Waals surface area contributed by atoms with E-state index in [1.165, 1.54) is 22.2 Å². The summed E-state index contributed by atoms with van der Waals surface area (Å²) in [5, 5.41) is 1.22. The minimum atomic E-state index is 0.109. The lowest BCUT2D eigenvalue weighted by Gasteiger charge is -2.27. The van der Waals surface area contributed by atoms with Crippen molar-refractivity contribution in [3.8, 4) is 11.4 Å². The third-order valence-electron chi connectivity index (χ3n) is 5.50. The zero-order valence-electron chi connectivity index (χ0n) is 16.0. The van der Waals surface area contributed by atoms with Gasteiger partial charge in [0, 0.05) is 36.1 Å². The molecule has 0 aromatic carbocycles. The van der Waals surface area contributed by atoms with Crippen LogP contribution in [0.4, 0.5) is 5.82 Å². The molecular formula is C22H21N5S. The summed E-state index contributed by atoms with van der Waals surface area (Å²) in [6.45, 7) is 2.17. The number of aromatic nitrogens is 4. The molecule has 0 spiro atoms. The second-order valence-electron chi connectivity index (χ2n) is 7.19. The van der Waals surface area contributed by atoms with E-state index in [1.54, 1.807) is 6.20 Å². The Kier molecular flexibility index (Phi) is 4.28. The summed E-state index contributed by atoms with van der Waals surface area (Å²) in [7, 11) is 2.10. The van der Waals surface area contributed by atoms with Gasteiger partial charge in [0.05, 0.1) is 17.1 Å². The van der Waals surface area contributed by atoms with E-state index in [2.05, 4.69) is 34.9 Å². The van der Waals surface area contributed by atoms with Crippen LogP contribution in [-0.4, -0.2) is 27.0 Å². The lowest BCUT2D eigenvalue weighted by molar-refractivity contribution is 0.707. The van der Waals surface area contributed by atoms with Crippen LogP contribution in [0.5, 0.6) is 0 Å². The van der Waals surface area contributed by atoms with Crippen molar-refractivity contribution in [2.45, 2.75) is 32.2 Å². The van der Waals surface area contributed by atoms with Gasteiger partial charge >= 0.3 is 0 Å². The van der Waals surface area contributed by atoms with E-state index in [9.17, 15) is 0 Å². The van der Waals surface area contributed by atoms with Gasteiger partial charge in [-0.05, 0) is 56.0 Å². The molecule has 1 atom stereocenters. The van der Waals surface area contributed by atoms with Gasteiger partial charge in [-0.1, -0.05) is 6.07 Å². The van der Waals surface area contributed by atoms with Gasteiger partial charge in [-0.3, -0.25) is 9.97 Å². The molecule has 0 radical (unpaired) electrons. The summed E-state index contributed by atoms with van der Waals surface area (Å²) >= 11 is 1.82. The van der Waals surface area contributed by atoms with Crippen molar-refractivity contribution in [1.29, 1.82) is 0 Å². The van der Waals surface area contributed by atoms with Crippen molar-refractivity contribution in [3.05, 3.63) is 65.1 Å². The number of thiophene rings is 1. The number of hydrogen-bond acceptors (Lipinski definition) is 6. The zero-order chi connectivity index (χ0) is 19.1. The quantitative estimate of drug-likeness (QED) is 0.502. The lowest BCUT2D eigenvalue weighted by Crippen LogP contribution is -2.24. The van der Waals surface area contributed by atoms with Crippen LogP contribution in [0.2, 0.25) is 0 Å². The summed E-state index contributed by atoms with van der Waals surface area (Å²) in [4.78, 5) is 23.5. The van der Waals surface area contributed by atoms with E-state index >= 15 is 0 Å². The van der Waals surface area contributed by atoms with Crippen molar-refractivity contribution < 1.29 is 0 Å². The van der Waals surface area contributed by atoms with Crippen LogP contribution in [0.15, 0.2) is 48.9 Å². The predicted molar refractivity (Wildman–Crippen MR) is 114 cm³/mol. The Balaban J connectivity index is 1.69. The Hall–Kier alpha value is -2.86. The van der Waals surface area contributed by atoms with Gasteiger partial charge in [0.15, 0.2) is 5.82 Å². The molecule has 1 unspecified atom stereocenters. The molecule has 0 saturated carbocycles. The summed E-state index contributed by atoms with van der Waals surface area (Å²) in [5.74, 6) is 1.72. The first kappa shape index (κ1) is 17.3. The average molecular weight is 388 g/mol. The number of anilines is 1. The Labute approximate surface area is 168 Å². The van der Waals surface area contributed by atoms with Crippen LogP contribution in [-0.2, 0) is 12.8 Å². The second kappa shape index (κ2) is 6.95. The minimum absolute atomic E-state index is 0.109.